The second-order valence-corrected chi connectivity index (χ2v) is 7.40. The minimum Gasteiger partial charge on any atom is -0.496 e. The molecule has 3 aromatic rings. The first-order chi connectivity index (χ1) is 15.8. The smallest absolute Gasteiger partial charge is 0.342 e. The number of esters is 1. The van der Waals surface area contributed by atoms with Crippen LogP contribution in [0.15, 0.2) is 42.5 Å². The molecule has 174 valence electrons. The summed E-state index contributed by atoms with van der Waals surface area (Å²) >= 11 is 0. The topological polar surface area (TPSA) is 76.0 Å². The van der Waals surface area contributed by atoms with Gasteiger partial charge in [0.2, 0.25) is 5.78 Å². The number of Topliss-reactive ketones (excluding diaryl/α,β-unsaturated/α-hetero) is 1. The van der Waals surface area contributed by atoms with E-state index >= 15 is 0 Å². The van der Waals surface area contributed by atoms with Gasteiger partial charge < -0.3 is 23.5 Å². The maximum atomic E-state index is 13.2. The molecule has 0 aliphatic rings. The summed E-state index contributed by atoms with van der Waals surface area (Å²) in [5, 5.41) is 0. The van der Waals surface area contributed by atoms with Crippen LogP contribution in [0.3, 0.4) is 0 Å². The minimum absolute atomic E-state index is 0.115. The number of hydrogen-bond acceptors (Lipinski definition) is 6. The Morgan fingerprint density at radius 1 is 0.848 bits per heavy atom. The molecule has 0 aliphatic heterocycles. The third-order valence-corrected chi connectivity index (χ3v) is 5.39. The molecule has 0 saturated heterocycles. The Balaban J connectivity index is 1.75. The average molecular weight is 455 g/mol. The molecular formula is C25H26FNO6. The highest BCUT2D eigenvalue weighted by atomic mass is 19.1. The minimum atomic E-state index is -0.721. The lowest BCUT2D eigenvalue weighted by molar-refractivity contribution is 0.0471. The number of benzene rings is 2. The van der Waals surface area contributed by atoms with Crippen molar-refractivity contribution in [1.82, 2.24) is 4.57 Å². The van der Waals surface area contributed by atoms with Crippen LogP contribution in [0.25, 0.3) is 0 Å². The highest BCUT2D eigenvalue weighted by molar-refractivity contribution is 6.01. The van der Waals surface area contributed by atoms with Crippen molar-refractivity contribution in [3.63, 3.8) is 0 Å². The van der Waals surface area contributed by atoms with E-state index in [2.05, 4.69) is 0 Å². The Bertz CT molecular complexity index is 1170. The van der Waals surface area contributed by atoms with Gasteiger partial charge in [0.05, 0.1) is 21.3 Å². The Kier molecular flexibility index (Phi) is 7.37. The van der Waals surface area contributed by atoms with Gasteiger partial charge in [-0.2, -0.15) is 0 Å². The average Bonchev–Trinajstić information content (AvgIpc) is 3.11. The molecule has 0 radical (unpaired) electrons. The number of halogens is 1. The van der Waals surface area contributed by atoms with Crippen LogP contribution in [0.2, 0.25) is 0 Å². The van der Waals surface area contributed by atoms with Gasteiger partial charge in [0.1, 0.15) is 17.1 Å². The second-order valence-electron chi connectivity index (χ2n) is 7.40. The lowest BCUT2D eigenvalue weighted by Gasteiger charge is -2.13. The van der Waals surface area contributed by atoms with Crippen LogP contribution in [-0.4, -0.2) is 44.3 Å². The van der Waals surface area contributed by atoms with Gasteiger partial charge >= 0.3 is 5.97 Å². The molecule has 8 heteroatoms. The van der Waals surface area contributed by atoms with Gasteiger partial charge in [-0.15, -0.1) is 0 Å². The van der Waals surface area contributed by atoms with E-state index in [1.54, 1.807) is 18.2 Å². The number of ether oxygens (including phenoxy) is 4. The van der Waals surface area contributed by atoms with Gasteiger partial charge in [0.25, 0.3) is 0 Å². The number of rotatable bonds is 9. The number of aryl methyl sites for hydroxylation is 1. The fourth-order valence-electron chi connectivity index (χ4n) is 3.57. The first-order valence-corrected chi connectivity index (χ1v) is 10.2. The SMILES string of the molecule is COc1cc(OC)c(C(=O)OCC(=O)c2cc(C)n(Cc3ccc(F)cc3)c2C)cc1OC. The van der Waals surface area contributed by atoms with Gasteiger partial charge in [-0.05, 0) is 37.6 Å². The summed E-state index contributed by atoms with van der Waals surface area (Å²) in [6, 6.07) is 10.9. The van der Waals surface area contributed by atoms with Gasteiger partial charge in [0, 0.05) is 35.6 Å². The second kappa shape index (κ2) is 10.2. The first-order valence-electron chi connectivity index (χ1n) is 10.2. The number of hydrogen-bond donors (Lipinski definition) is 0. The zero-order valence-corrected chi connectivity index (χ0v) is 19.2. The fraction of sp³-hybridized carbons (Fsp3) is 0.280. The highest BCUT2D eigenvalue weighted by Crippen LogP contribution is 2.35. The van der Waals surface area contributed by atoms with E-state index in [-0.39, 0.29) is 22.9 Å². The van der Waals surface area contributed by atoms with Crippen LogP contribution >= 0.6 is 0 Å². The summed E-state index contributed by atoms with van der Waals surface area (Å²) in [5.41, 5.74) is 3.09. The van der Waals surface area contributed by atoms with Crippen molar-refractivity contribution in [3.8, 4) is 17.2 Å². The third-order valence-electron chi connectivity index (χ3n) is 5.39. The maximum Gasteiger partial charge on any atom is 0.342 e. The van der Waals surface area contributed by atoms with E-state index in [1.165, 1.54) is 45.6 Å². The number of carbonyl (C=O) groups excluding carboxylic acids is 2. The standard InChI is InChI=1S/C25H26FNO6/c1-15-10-19(16(2)27(15)13-17-6-8-18(26)9-7-17)21(28)14-33-25(29)20-11-23(31-4)24(32-5)12-22(20)30-3/h6-12H,13-14H2,1-5H3. The Morgan fingerprint density at radius 3 is 2.06 bits per heavy atom. The zero-order valence-electron chi connectivity index (χ0n) is 19.2. The first kappa shape index (κ1) is 23.8. The summed E-state index contributed by atoms with van der Waals surface area (Å²) in [4.78, 5) is 25.5. The molecule has 1 aromatic heterocycles. The molecule has 0 atom stereocenters. The molecule has 0 amide bonds. The lowest BCUT2D eigenvalue weighted by Crippen LogP contribution is -2.16. The van der Waals surface area contributed by atoms with Crippen molar-refractivity contribution in [2.24, 2.45) is 0 Å². The predicted octanol–water partition coefficient (Wildman–Crippen LogP) is 4.36. The fourth-order valence-corrected chi connectivity index (χ4v) is 3.57. The number of methoxy groups -OCH3 is 3. The van der Waals surface area contributed by atoms with Gasteiger partial charge in [-0.25, -0.2) is 9.18 Å². The van der Waals surface area contributed by atoms with Crippen molar-refractivity contribution >= 4 is 11.8 Å². The van der Waals surface area contributed by atoms with Gasteiger partial charge in [-0.1, -0.05) is 12.1 Å². The Morgan fingerprint density at radius 2 is 1.45 bits per heavy atom. The molecule has 1 heterocycles. The van der Waals surface area contributed by atoms with Crippen molar-refractivity contribution in [1.29, 1.82) is 0 Å². The summed E-state index contributed by atoms with van der Waals surface area (Å²) < 4.78 is 36.1. The van der Waals surface area contributed by atoms with Crippen molar-refractivity contribution in [3.05, 3.63) is 76.4 Å². The van der Waals surface area contributed by atoms with Crippen molar-refractivity contribution < 1.29 is 32.9 Å². The van der Waals surface area contributed by atoms with Crippen LogP contribution in [0.4, 0.5) is 4.39 Å². The molecule has 0 bridgehead atoms. The summed E-state index contributed by atoms with van der Waals surface area (Å²) in [6.07, 6.45) is 0. The van der Waals surface area contributed by atoms with Gasteiger partial charge in [-0.3, -0.25) is 4.79 Å². The summed E-state index contributed by atoms with van der Waals surface area (Å²) in [5.74, 6) is -0.384. The number of carbonyl (C=O) groups is 2. The van der Waals surface area contributed by atoms with Gasteiger partial charge in [0.15, 0.2) is 18.1 Å². The van der Waals surface area contributed by atoms with Crippen LogP contribution in [0.1, 0.15) is 37.7 Å². The Labute approximate surface area is 191 Å². The molecule has 33 heavy (non-hydrogen) atoms. The molecule has 0 saturated carbocycles. The molecular weight excluding hydrogens is 429 g/mol. The molecule has 7 nitrogen and oxygen atoms in total. The molecule has 3 rings (SSSR count). The molecule has 0 fully saturated rings. The van der Waals surface area contributed by atoms with E-state index in [4.69, 9.17) is 18.9 Å². The van der Waals surface area contributed by atoms with E-state index in [1.807, 2.05) is 18.4 Å². The van der Waals surface area contributed by atoms with E-state index < -0.39 is 12.6 Å². The monoisotopic (exact) mass is 455 g/mol. The van der Waals surface area contributed by atoms with E-state index in [0.29, 0.717) is 23.6 Å². The predicted molar refractivity (Wildman–Crippen MR) is 120 cm³/mol. The molecule has 2 aromatic carbocycles. The molecule has 0 spiro atoms. The van der Waals surface area contributed by atoms with Crippen LogP contribution in [0, 0.1) is 19.7 Å². The van der Waals surface area contributed by atoms with Crippen LogP contribution in [-0.2, 0) is 11.3 Å². The van der Waals surface area contributed by atoms with E-state index in [0.717, 1.165) is 17.0 Å². The van der Waals surface area contributed by atoms with Crippen molar-refractivity contribution in [2.45, 2.75) is 20.4 Å². The quantitative estimate of drug-likeness (QED) is 0.353. The summed E-state index contributed by atoms with van der Waals surface area (Å²) in [7, 11) is 4.34. The van der Waals surface area contributed by atoms with Crippen LogP contribution < -0.4 is 14.2 Å². The summed E-state index contributed by atoms with van der Waals surface area (Å²) in [6.45, 7) is 3.77. The Hall–Kier alpha value is -3.81. The lowest BCUT2D eigenvalue weighted by atomic mass is 10.1. The molecule has 0 N–H and O–H groups in total. The number of ketones is 1. The maximum absolute atomic E-state index is 13.2. The third kappa shape index (κ3) is 5.16. The van der Waals surface area contributed by atoms with E-state index in [9.17, 15) is 14.0 Å². The highest BCUT2D eigenvalue weighted by Gasteiger charge is 2.22. The zero-order chi connectivity index (χ0) is 24.1. The number of aromatic nitrogens is 1. The van der Waals surface area contributed by atoms with Crippen molar-refractivity contribution in [2.75, 3.05) is 27.9 Å². The normalized spacial score (nSPS) is 10.6. The molecule has 0 aliphatic carbocycles. The molecule has 0 unspecified atom stereocenters. The number of nitrogens with zero attached hydrogens (tertiary/aromatic N) is 1. The largest absolute Gasteiger partial charge is 0.496 e. The van der Waals surface area contributed by atoms with Crippen LogP contribution in [0.5, 0.6) is 17.2 Å².